The van der Waals surface area contributed by atoms with Crippen LogP contribution in [0.25, 0.3) is 0 Å². The normalized spacial score (nSPS) is 19.4. The molecule has 0 atom stereocenters. The molecule has 0 spiro atoms. The monoisotopic (exact) mass is 472 g/mol. The van der Waals surface area contributed by atoms with E-state index in [0.717, 1.165) is 19.4 Å². The largest absolute Gasteiger partial charge is 0.450 e. The molecule has 1 aromatic carbocycles. The summed E-state index contributed by atoms with van der Waals surface area (Å²) >= 11 is 0. The fraction of sp³-hybridized carbons (Fsp3) is 0.579. The Bertz CT molecular complexity index is 611. The van der Waals surface area contributed by atoms with Crippen LogP contribution in [0.15, 0.2) is 35.3 Å². The number of nitrogens with two attached hydrogens (primary N) is 1. The first-order valence-electron chi connectivity index (χ1n) is 9.17. The van der Waals surface area contributed by atoms with Gasteiger partial charge in [0.1, 0.15) is 0 Å². The van der Waals surface area contributed by atoms with Crippen LogP contribution in [0.5, 0.6) is 0 Å². The molecule has 1 saturated carbocycles. The van der Waals surface area contributed by atoms with E-state index in [4.69, 9.17) is 10.5 Å². The average Bonchev–Trinajstić information content (AvgIpc) is 3.43. The van der Waals surface area contributed by atoms with Crippen LogP contribution in [-0.2, 0) is 10.2 Å². The molecule has 1 heterocycles. The van der Waals surface area contributed by atoms with Crippen molar-refractivity contribution < 1.29 is 9.53 Å². The van der Waals surface area contributed by atoms with Crippen LogP contribution in [0.2, 0.25) is 0 Å². The number of carbonyl (C=O) groups is 1. The van der Waals surface area contributed by atoms with Gasteiger partial charge in [-0.3, -0.25) is 4.99 Å². The number of rotatable bonds is 5. The van der Waals surface area contributed by atoms with Crippen LogP contribution in [0.1, 0.15) is 38.2 Å². The first-order chi connectivity index (χ1) is 12.1. The summed E-state index contributed by atoms with van der Waals surface area (Å²) in [4.78, 5) is 18.1. The van der Waals surface area contributed by atoms with Crippen LogP contribution in [-0.4, -0.2) is 49.2 Å². The number of aliphatic imine (C=N–C) groups is 1. The molecule has 1 aromatic rings. The van der Waals surface area contributed by atoms with Gasteiger partial charge in [-0.1, -0.05) is 30.3 Å². The molecule has 0 unspecified atom stereocenters. The van der Waals surface area contributed by atoms with E-state index in [1.165, 1.54) is 18.4 Å². The van der Waals surface area contributed by atoms with Crippen molar-refractivity contribution >= 4 is 36.0 Å². The lowest BCUT2D eigenvalue weighted by molar-refractivity contribution is 0.0963. The number of ether oxygens (including phenoxy) is 1. The summed E-state index contributed by atoms with van der Waals surface area (Å²) < 4.78 is 5.04. The van der Waals surface area contributed by atoms with E-state index in [1.807, 2.05) is 13.0 Å². The van der Waals surface area contributed by atoms with Gasteiger partial charge in [-0.25, -0.2) is 4.79 Å². The molecular weight excluding hydrogens is 443 g/mol. The number of carbonyl (C=O) groups excluding carboxylic acids is 1. The van der Waals surface area contributed by atoms with Crippen molar-refractivity contribution in [1.82, 2.24) is 10.2 Å². The zero-order valence-electron chi connectivity index (χ0n) is 15.3. The summed E-state index contributed by atoms with van der Waals surface area (Å²) in [6.07, 6.45) is 3.84. The predicted octanol–water partition coefficient (Wildman–Crippen LogP) is 2.86. The topological polar surface area (TPSA) is 80.0 Å². The Kier molecular flexibility index (Phi) is 7.55. The molecule has 3 N–H and O–H groups in total. The molecule has 0 bridgehead atoms. The zero-order chi connectivity index (χ0) is 17.7. The van der Waals surface area contributed by atoms with Crippen molar-refractivity contribution in [3.05, 3.63) is 35.9 Å². The number of amides is 1. The van der Waals surface area contributed by atoms with Crippen LogP contribution < -0.4 is 11.1 Å². The summed E-state index contributed by atoms with van der Waals surface area (Å²) in [5, 5.41) is 3.31. The molecule has 144 valence electrons. The molecule has 1 amide bonds. The van der Waals surface area contributed by atoms with Gasteiger partial charge in [-0.05, 0) is 38.2 Å². The summed E-state index contributed by atoms with van der Waals surface area (Å²) in [6.45, 7) is 4.36. The third-order valence-corrected chi connectivity index (χ3v) is 5.16. The average molecular weight is 472 g/mol. The highest BCUT2D eigenvalue weighted by Gasteiger charge is 2.43. The molecule has 3 rings (SSSR count). The van der Waals surface area contributed by atoms with Gasteiger partial charge in [0.25, 0.3) is 0 Å². The molecule has 0 radical (unpaired) electrons. The van der Waals surface area contributed by atoms with Crippen LogP contribution >= 0.6 is 24.0 Å². The Morgan fingerprint density at radius 2 is 1.96 bits per heavy atom. The third kappa shape index (κ3) is 5.25. The maximum Gasteiger partial charge on any atom is 0.409 e. The highest BCUT2D eigenvalue weighted by atomic mass is 127. The number of nitrogens with zero attached hydrogens (tertiary/aromatic N) is 2. The smallest absolute Gasteiger partial charge is 0.409 e. The first-order valence-corrected chi connectivity index (χ1v) is 9.17. The molecule has 0 aromatic heterocycles. The second-order valence-corrected chi connectivity index (χ2v) is 6.95. The van der Waals surface area contributed by atoms with E-state index >= 15 is 0 Å². The molecular formula is C19H29IN4O2. The Labute approximate surface area is 172 Å². The third-order valence-electron chi connectivity index (χ3n) is 5.16. The van der Waals surface area contributed by atoms with E-state index in [1.54, 1.807) is 4.90 Å². The summed E-state index contributed by atoms with van der Waals surface area (Å²) in [5.74, 6) is 0.511. The van der Waals surface area contributed by atoms with Gasteiger partial charge in [-0.15, -0.1) is 24.0 Å². The standard InChI is InChI=1S/C19H28N4O2.HI/c1-2-25-18(24)23-12-8-16(9-13-23)22-17(20)21-14-19(10-11-19)15-6-4-3-5-7-15;/h3-7,16H,2,8-14H2,1H3,(H3,20,21,22);1H. The number of halogens is 1. The molecule has 7 heteroatoms. The minimum atomic E-state index is -0.221. The molecule has 6 nitrogen and oxygen atoms in total. The highest BCUT2D eigenvalue weighted by Crippen LogP contribution is 2.48. The SMILES string of the molecule is CCOC(=O)N1CCC(NC(N)=NCC2(c3ccccc3)CC2)CC1.I. The van der Waals surface area contributed by atoms with E-state index < -0.39 is 0 Å². The molecule has 1 aliphatic heterocycles. The second kappa shape index (κ2) is 9.43. The number of piperidine rings is 1. The zero-order valence-corrected chi connectivity index (χ0v) is 17.6. The Morgan fingerprint density at radius 3 is 2.54 bits per heavy atom. The minimum Gasteiger partial charge on any atom is -0.450 e. The van der Waals surface area contributed by atoms with Gasteiger partial charge in [-0.2, -0.15) is 0 Å². The van der Waals surface area contributed by atoms with Gasteiger partial charge in [0, 0.05) is 24.5 Å². The number of benzene rings is 1. The predicted molar refractivity (Wildman–Crippen MR) is 114 cm³/mol. The molecule has 2 aliphatic rings. The Morgan fingerprint density at radius 1 is 1.31 bits per heavy atom. The number of likely N-dealkylation sites (tertiary alicyclic amines) is 1. The number of hydrogen-bond acceptors (Lipinski definition) is 3. The molecule has 26 heavy (non-hydrogen) atoms. The van der Waals surface area contributed by atoms with E-state index in [0.29, 0.717) is 25.7 Å². The summed E-state index contributed by atoms with van der Waals surface area (Å²) in [7, 11) is 0. The van der Waals surface area contributed by atoms with Crippen molar-refractivity contribution in [3.8, 4) is 0 Å². The number of guanidine groups is 1. The fourth-order valence-corrected chi connectivity index (χ4v) is 3.39. The van der Waals surface area contributed by atoms with Gasteiger partial charge >= 0.3 is 6.09 Å². The number of hydrogen-bond donors (Lipinski definition) is 2. The quantitative estimate of drug-likeness (QED) is 0.393. The number of nitrogens with one attached hydrogen (secondary N) is 1. The van der Waals surface area contributed by atoms with Crippen molar-refractivity contribution in [3.63, 3.8) is 0 Å². The van der Waals surface area contributed by atoms with Gasteiger partial charge in [0.2, 0.25) is 0 Å². The van der Waals surface area contributed by atoms with Crippen molar-refractivity contribution in [1.29, 1.82) is 0 Å². The van der Waals surface area contributed by atoms with Crippen LogP contribution in [0, 0.1) is 0 Å². The molecule has 1 saturated heterocycles. The van der Waals surface area contributed by atoms with Crippen LogP contribution in [0.3, 0.4) is 0 Å². The maximum absolute atomic E-state index is 11.7. The first kappa shape index (κ1) is 20.8. The Balaban J connectivity index is 0.00000243. The highest BCUT2D eigenvalue weighted by molar-refractivity contribution is 14.0. The maximum atomic E-state index is 11.7. The van der Waals surface area contributed by atoms with E-state index in [-0.39, 0.29) is 41.5 Å². The lowest BCUT2D eigenvalue weighted by atomic mass is 9.96. The molecule has 1 aliphatic carbocycles. The lowest BCUT2D eigenvalue weighted by Crippen LogP contribution is -2.48. The van der Waals surface area contributed by atoms with Gasteiger partial charge < -0.3 is 20.7 Å². The lowest BCUT2D eigenvalue weighted by Gasteiger charge is -2.31. The fourth-order valence-electron chi connectivity index (χ4n) is 3.39. The second-order valence-electron chi connectivity index (χ2n) is 6.95. The Hall–Kier alpha value is -1.51. The summed E-state index contributed by atoms with van der Waals surface area (Å²) in [5.41, 5.74) is 7.63. The molecule has 2 fully saturated rings. The summed E-state index contributed by atoms with van der Waals surface area (Å²) in [6, 6.07) is 10.8. The minimum absolute atomic E-state index is 0. The van der Waals surface area contributed by atoms with E-state index in [2.05, 4.69) is 34.6 Å². The van der Waals surface area contributed by atoms with Crippen molar-refractivity contribution in [2.45, 2.75) is 44.1 Å². The van der Waals surface area contributed by atoms with Gasteiger partial charge in [0.15, 0.2) is 5.96 Å². The van der Waals surface area contributed by atoms with Gasteiger partial charge in [0.05, 0.1) is 13.2 Å². The van der Waals surface area contributed by atoms with Crippen molar-refractivity contribution in [2.24, 2.45) is 10.7 Å². The van der Waals surface area contributed by atoms with Crippen LogP contribution in [0.4, 0.5) is 4.79 Å². The van der Waals surface area contributed by atoms with E-state index in [9.17, 15) is 4.79 Å². The van der Waals surface area contributed by atoms with Crippen molar-refractivity contribution in [2.75, 3.05) is 26.2 Å².